The van der Waals surface area contributed by atoms with E-state index in [1.165, 1.54) is 25.7 Å². The third-order valence-electron chi connectivity index (χ3n) is 5.25. The molecule has 0 aliphatic rings. The smallest absolute Gasteiger partial charge is 0.244 e. The molecule has 5 heteroatoms. The molecule has 1 unspecified atom stereocenters. The lowest BCUT2D eigenvalue weighted by molar-refractivity contribution is 0.305. The molecule has 5 nitrogen and oxygen atoms in total. The highest BCUT2D eigenvalue weighted by Crippen LogP contribution is 2.27. The predicted octanol–water partition coefficient (Wildman–Crippen LogP) is 6.30. The Balaban J connectivity index is 1.65. The number of aromatic nitrogens is 2. The standard InChI is InChI=1S/C24H33N3O2/c1-4-6-7-8-9-15-28-21-14-13-18-16-20(12-11-19(18)17-21)23-26-24(29-27-23)22(25-3)10-5-2/h11-14,16-17,22,25H,4-10,15H2,1-3H3. The second-order valence-electron chi connectivity index (χ2n) is 7.57. The second kappa shape index (κ2) is 11.0. The fourth-order valence-electron chi connectivity index (χ4n) is 3.52. The third kappa shape index (κ3) is 5.80. The summed E-state index contributed by atoms with van der Waals surface area (Å²) in [5.74, 6) is 2.21. The second-order valence-corrected chi connectivity index (χ2v) is 7.57. The van der Waals surface area contributed by atoms with Crippen molar-refractivity contribution in [3.8, 4) is 17.1 Å². The van der Waals surface area contributed by atoms with Crippen LogP contribution in [0.2, 0.25) is 0 Å². The first-order chi connectivity index (χ1) is 14.2. The Labute approximate surface area is 173 Å². The lowest BCUT2D eigenvalue weighted by Gasteiger charge is -2.09. The summed E-state index contributed by atoms with van der Waals surface area (Å²) in [6.07, 6.45) is 8.26. The molecule has 156 valence electrons. The van der Waals surface area contributed by atoms with Crippen molar-refractivity contribution < 1.29 is 9.26 Å². The molecule has 1 atom stereocenters. The van der Waals surface area contributed by atoms with Gasteiger partial charge in [-0.05, 0) is 48.9 Å². The summed E-state index contributed by atoms with van der Waals surface area (Å²) in [6.45, 7) is 5.17. The van der Waals surface area contributed by atoms with Crippen molar-refractivity contribution in [2.45, 2.75) is 64.8 Å². The van der Waals surface area contributed by atoms with Gasteiger partial charge < -0.3 is 14.6 Å². The Morgan fingerprint density at radius 3 is 2.55 bits per heavy atom. The third-order valence-corrected chi connectivity index (χ3v) is 5.25. The minimum absolute atomic E-state index is 0.100. The highest BCUT2D eigenvalue weighted by molar-refractivity contribution is 5.87. The van der Waals surface area contributed by atoms with Gasteiger partial charge in [0.05, 0.1) is 12.6 Å². The van der Waals surface area contributed by atoms with Gasteiger partial charge in [-0.2, -0.15) is 4.98 Å². The molecule has 0 fully saturated rings. The normalized spacial score (nSPS) is 12.4. The van der Waals surface area contributed by atoms with E-state index in [0.717, 1.165) is 48.0 Å². The molecule has 0 spiro atoms. The van der Waals surface area contributed by atoms with Crippen LogP contribution < -0.4 is 10.1 Å². The van der Waals surface area contributed by atoms with Crippen LogP contribution in [0.1, 0.15) is 70.7 Å². The monoisotopic (exact) mass is 395 g/mol. The van der Waals surface area contributed by atoms with Crippen molar-refractivity contribution in [3.63, 3.8) is 0 Å². The van der Waals surface area contributed by atoms with Gasteiger partial charge in [0, 0.05) is 5.56 Å². The molecule has 1 aromatic heterocycles. The number of nitrogens with zero attached hydrogens (tertiary/aromatic N) is 2. The van der Waals surface area contributed by atoms with E-state index in [0.29, 0.717) is 11.7 Å². The van der Waals surface area contributed by atoms with Gasteiger partial charge in [0.2, 0.25) is 11.7 Å². The molecule has 0 aliphatic carbocycles. The average Bonchev–Trinajstić information content (AvgIpc) is 3.24. The van der Waals surface area contributed by atoms with Crippen LogP contribution in [0.25, 0.3) is 22.2 Å². The Hall–Kier alpha value is -2.40. The van der Waals surface area contributed by atoms with Crippen LogP contribution in [0, 0.1) is 0 Å². The number of nitrogens with one attached hydrogen (secondary N) is 1. The van der Waals surface area contributed by atoms with E-state index in [1.807, 2.05) is 19.2 Å². The zero-order valence-corrected chi connectivity index (χ0v) is 17.9. The van der Waals surface area contributed by atoms with Crippen LogP contribution in [-0.4, -0.2) is 23.8 Å². The summed E-state index contributed by atoms with van der Waals surface area (Å²) in [6, 6.07) is 12.6. The molecule has 0 saturated carbocycles. The minimum Gasteiger partial charge on any atom is -0.494 e. The number of unbranched alkanes of at least 4 members (excludes halogenated alkanes) is 4. The number of ether oxygens (including phenoxy) is 1. The average molecular weight is 396 g/mol. The lowest BCUT2D eigenvalue weighted by atomic mass is 10.1. The molecule has 29 heavy (non-hydrogen) atoms. The van der Waals surface area contributed by atoms with Crippen molar-refractivity contribution in [2.75, 3.05) is 13.7 Å². The molecule has 0 bridgehead atoms. The van der Waals surface area contributed by atoms with E-state index < -0.39 is 0 Å². The van der Waals surface area contributed by atoms with E-state index >= 15 is 0 Å². The number of hydrogen-bond donors (Lipinski definition) is 1. The van der Waals surface area contributed by atoms with Gasteiger partial charge in [-0.3, -0.25) is 0 Å². The Morgan fingerprint density at radius 1 is 0.966 bits per heavy atom. The van der Waals surface area contributed by atoms with E-state index in [2.05, 4.69) is 53.6 Å². The van der Waals surface area contributed by atoms with Crippen LogP contribution in [0.15, 0.2) is 40.9 Å². The van der Waals surface area contributed by atoms with Crippen molar-refractivity contribution in [1.82, 2.24) is 15.5 Å². The zero-order chi connectivity index (χ0) is 20.5. The minimum atomic E-state index is 0.100. The number of benzene rings is 2. The molecule has 0 saturated heterocycles. The van der Waals surface area contributed by atoms with Crippen molar-refractivity contribution >= 4 is 10.8 Å². The number of hydrogen-bond acceptors (Lipinski definition) is 5. The highest BCUT2D eigenvalue weighted by atomic mass is 16.5. The van der Waals surface area contributed by atoms with Gasteiger partial charge in [0.15, 0.2) is 0 Å². The maximum atomic E-state index is 5.93. The van der Waals surface area contributed by atoms with Crippen molar-refractivity contribution in [3.05, 3.63) is 42.3 Å². The van der Waals surface area contributed by atoms with Crippen molar-refractivity contribution in [1.29, 1.82) is 0 Å². The Bertz CT molecular complexity index is 891. The summed E-state index contributed by atoms with van der Waals surface area (Å²) in [4.78, 5) is 4.60. The number of rotatable bonds is 12. The fraction of sp³-hybridized carbons (Fsp3) is 0.500. The van der Waals surface area contributed by atoms with Crippen LogP contribution in [0.5, 0.6) is 5.75 Å². The molecule has 0 radical (unpaired) electrons. The van der Waals surface area contributed by atoms with Crippen molar-refractivity contribution in [2.24, 2.45) is 0 Å². The number of fused-ring (bicyclic) bond motifs is 1. The summed E-state index contributed by atoms with van der Waals surface area (Å²) >= 11 is 0. The maximum Gasteiger partial charge on any atom is 0.244 e. The molecule has 1 N–H and O–H groups in total. The van der Waals surface area contributed by atoms with Crippen LogP contribution >= 0.6 is 0 Å². The van der Waals surface area contributed by atoms with Crippen LogP contribution in [-0.2, 0) is 0 Å². The van der Waals surface area contributed by atoms with E-state index in [4.69, 9.17) is 9.26 Å². The maximum absolute atomic E-state index is 5.93. The molecule has 0 amide bonds. The molecule has 2 aromatic carbocycles. The van der Waals surface area contributed by atoms with Crippen LogP contribution in [0.4, 0.5) is 0 Å². The summed E-state index contributed by atoms with van der Waals surface area (Å²) in [7, 11) is 1.92. The first-order valence-corrected chi connectivity index (χ1v) is 10.9. The van der Waals surface area contributed by atoms with Gasteiger partial charge >= 0.3 is 0 Å². The molecule has 1 heterocycles. The van der Waals surface area contributed by atoms with Crippen LogP contribution in [0.3, 0.4) is 0 Å². The van der Waals surface area contributed by atoms with E-state index in [9.17, 15) is 0 Å². The van der Waals surface area contributed by atoms with Gasteiger partial charge in [-0.25, -0.2) is 0 Å². The SMILES string of the molecule is CCCCCCCOc1ccc2cc(-c3noc(C(CCC)NC)n3)ccc2c1. The van der Waals surface area contributed by atoms with E-state index in [-0.39, 0.29) is 6.04 Å². The summed E-state index contributed by atoms with van der Waals surface area (Å²) < 4.78 is 11.4. The first-order valence-electron chi connectivity index (χ1n) is 10.9. The molecule has 0 aliphatic heterocycles. The Kier molecular flexibility index (Phi) is 8.05. The summed E-state index contributed by atoms with van der Waals surface area (Å²) in [5, 5.41) is 9.72. The van der Waals surface area contributed by atoms with E-state index in [1.54, 1.807) is 0 Å². The first kappa shape index (κ1) is 21.3. The summed E-state index contributed by atoms with van der Waals surface area (Å²) in [5.41, 5.74) is 0.962. The highest BCUT2D eigenvalue weighted by Gasteiger charge is 2.17. The Morgan fingerprint density at radius 2 is 1.76 bits per heavy atom. The largest absolute Gasteiger partial charge is 0.494 e. The molecule has 3 aromatic rings. The quantitative estimate of drug-likeness (QED) is 0.365. The fourth-order valence-corrected chi connectivity index (χ4v) is 3.52. The van der Waals surface area contributed by atoms with Gasteiger partial charge in [0.1, 0.15) is 5.75 Å². The topological polar surface area (TPSA) is 60.2 Å². The molecule has 3 rings (SSSR count). The van der Waals surface area contributed by atoms with Gasteiger partial charge in [-0.1, -0.05) is 69.3 Å². The predicted molar refractivity (Wildman–Crippen MR) is 118 cm³/mol. The van der Waals surface area contributed by atoms with Gasteiger partial charge in [-0.15, -0.1) is 0 Å². The zero-order valence-electron chi connectivity index (χ0n) is 17.9. The van der Waals surface area contributed by atoms with Gasteiger partial charge in [0.25, 0.3) is 0 Å². The lowest BCUT2D eigenvalue weighted by Crippen LogP contribution is -2.16. The molecular weight excluding hydrogens is 362 g/mol. The molecular formula is C24H33N3O2.